The molecule has 0 fully saturated rings. The summed E-state index contributed by atoms with van der Waals surface area (Å²) in [4.78, 5) is 2.17. The van der Waals surface area contributed by atoms with Gasteiger partial charge >= 0.3 is 29.6 Å². The summed E-state index contributed by atoms with van der Waals surface area (Å²) in [5, 5.41) is 11.0. The van der Waals surface area contributed by atoms with Gasteiger partial charge in [0.2, 0.25) is 0 Å². The Balaban J connectivity index is 0. The van der Waals surface area contributed by atoms with Crippen LogP contribution in [0.25, 0.3) is 0 Å². The minimum absolute atomic E-state index is 0. The first-order valence-electron chi connectivity index (χ1n) is 4.12. The second-order valence-corrected chi connectivity index (χ2v) is 2.52. The Morgan fingerprint density at radius 3 is 1.91 bits per heavy atom. The number of likely N-dealkylation sites (N-methyl/N-ethyl adjacent to an activating group) is 1. The van der Waals surface area contributed by atoms with Crippen LogP contribution in [0.2, 0.25) is 0 Å². The summed E-state index contributed by atoms with van der Waals surface area (Å²) >= 11 is 0. The van der Waals surface area contributed by atoms with Crippen molar-refractivity contribution in [2.45, 2.75) is 33.3 Å². The summed E-state index contributed by atoms with van der Waals surface area (Å²) in [5.74, 6) is 0. The molecular formula is C8H18NNaO. The fraction of sp³-hybridized carbons (Fsp3) is 1.00. The van der Waals surface area contributed by atoms with E-state index in [2.05, 4.69) is 18.7 Å². The second kappa shape index (κ2) is 9.01. The van der Waals surface area contributed by atoms with E-state index in [1.165, 1.54) is 0 Å². The minimum Gasteiger partial charge on any atom is -0.851 e. The van der Waals surface area contributed by atoms with Crippen LogP contribution in [-0.4, -0.2) is 30.6 Å². The topological polar surface area (TPSA) is 26.3 Å². The largest absolute Gasteiger partial charge is 1.00 e. The Morgan fingerprint density at radius 1 is 1.18 bits per heavy atom. The zero-order valence-electron chi connectivity index (χ0n) is 8.26. The summed E-state index contributed by atoms with van der Waals surface area (Å²) in [7, 11) is 0. The molecule has 0 spiro atoms. The van der Waals surface area contributed by atoms with Crippen LogP contribution in [0.5, 0.6) is 0 Å². The quantitative estimate of drug-likeness (QED) is 0.422. The maximum absolute atomic E-state index is 11.0. The molecule has 1 atom stereocenters. The summed E-state index contributed by atoms with van der Waals surface area (Å²) in [6.45, 7) is 8.83. The van der Waals surface area contributed by atoms with E-state index in [0.717, 1.165) is 19.5 Å². The number of nitrogens with zero attached hydrogens (tertiary/aromatic N) is 1. The zero-order valence-corrected chi connectivity index (χ0v) is 10.3. The van der Waals surface area contributed by atoms with Gasteiger partial charge in [-0.3, -0.25) is 0 Å². The average molecular weight is 167 g/mol. The molecule has 2 nitrogen and oxygen atoms in total. The van der Waals surface area contributed by atoms with Crippen LogP contribution in [-0.2, 0) is 0 Å². The van der Waals surface area contributed by atoms with Gasteiger partial charge < -0.3 is 10.0 Å². The van der Waals surface area contributed by atoms with Gasteiger partial charge in [-0.25, -0.2) is 0 Å². The first-order valence-corrected chi connectivity index (χ1v) is 4.12. The molecule has 0 aliphatic rings. The molecule has 1 unspecified atom stereocenters. The monoisotopic (exact) mass is 167 g/mol. The molecule has 0 aromatic heterocycles. The van der Waals surface area contributed by atoms with E-state index < -0.39 is 0 Å². The molecule has 0 bridgehead atoms. The van der Waals surface area contributed by atoms with Crippen LogP contribution >= 0.6 is 0 Å². The van der Waals surface area contributed by atoms with E-state index >= 15 is 0 Å². The fourth-order valence-electron chi connectivity index (χ4n) is 0.899. The minimum atomic E-state index is -0.389. The van der Waals surface area contributed by atoms with Crippen molar-refractivity contribution in [3.63, 3.8) is 0 Å². The van der Waals surface area contributed by atoms with Crippen molar-refractivity contribution < 1.29 is 34.7 Å². The van der Waals surface area contributed by atoms with Gasteiger partial charge in [0, 0.05) is 0 Å². The summed E-state index contributed by atoms with van der Waals surface area (Å²) in [6.07, 6.45) is 0.358. The third-order valence-electron chi connectivity index (χ3n) is 1.81. The number of hydrogen-bond acceptors (Lipinski definition) is 2. The van der Waals surface area contributed by atoms with Crippen LogP contribution in [0.4, 0.5) is 0 Å². The maximum Gasteiger partial charge on any atom is 1.00 e. The van der Waals surface area contributed by atoms with Crippen molar-refractivity contribution in [1.29, 1.82) is 0 Å². The zero-order chi connectivity index (χ0) is 7.98. The number of hydrogen-bond donors (Lipinski definition) is 0. The van der Waals surface area contributed by atoms with E-state index in [-0.39, 0.29) is 35.7 Å². The van der Waals surface area contributed by atoms with E-state index in [1.807, 2.05) is 6.92 Å². The molecule has 0 aromatic carbocycles. The van der Waals surface area contributed by atoms with Gasteiger partial charge in [-0.15, -0.1) is 6.10 Å². The predicted molar refractivity (Wildman–Crippen MR) is 41.9 cm³/mol. The third kappa shape index (κ3) is 7.29. The molecule has 0 radical (unpaired) electrons. The summed E-state index contributed by atoms with van der Waals surface area (Å²) in [5.41, 5.74) is 0. The Bertz CT molecular complexity index is 76.5. The third-order valence-corrected chi connectivity index (χ3v) is 1.81. The van der Waals surface area contributed by atoms with Gasteiger partial charge in [0.15, 0.2) is 0 Å². The average Bonchev–Trinajstić information content (AvgIpc) is 1.99. The van der Waals surface area contributed by atoms with E-state index in [9.17, 15) is 5.11 Å². The molecule has 0 amide bonds. The van der Waals surface area contributed by atoms with E-state index in [0.29, 0.717) is 6.54 Å². The van der Waals surface area contributed by atoms with E-state index in [4.69, 9.17) is 0 Å². The van der Waals surface area contributed by atoms with Crippen LogP contribution in [0.15, 0.2) is 0 Å². The molecule has 0 N–H and O–H groups in total. The van der Waals surface area contributed by atoms with Crippen LogP contribution in [0, 0.1) is 0 Å². The van der Waals surface area contributed by atoms with Gasteiger partial charge in [-0.05, 0) is 19.6 Å². The molecule has 0 saturated heterocycles. The molecule has 3 heteroatoms. The van der Waals surface area contributed by atoms with E-state index in [1.54, 1.807) is 0 Å². The molecule has 11 heavy (non-hydrogen) atoms. The van der Waals surface area contributed by atoms with Crippen molar-refractivity contribution in [2.75, 3.05) is 19.6 Å². The Kier molecular flexibility index (Phi) is 11.8. The van der Waals surface area contributed by atoms with Gasteiger partial charge in [0.25, 0.3) is 0 Å². The van der Waals surface area contributed by atoms with Crippen LogP contribution in [0.3, 0.4) is 0 Å². The van der Waals surface area contributed by atoms with Gasteiger partial charge in [0.1, 0.15) is 0 Å². The molecule has 0 aliphatic carbocycles. The predicted octanol–water partition coefficient (Wildman–Crippen LogP) is -2.53. The fourth-order valence-corrected chi connectivity index (χ4v) is 0.899. The Labute approximate surface area is 92.3 Å². The molecule has 0 rings (SSSR count). The maximum atomic E-state index is 11.0. The smallest absolute Gasteiger partial charge is 0.851 e. The van der Waals surface area contributed by atoms with Crippen molar-refractivity contribution >= 4 is 0 Å². The Morgan fingerprint density at radius 2 is 1.64 bits per heavy atom. The van der Waals surface area contributed by atoms with Crippen molar-refractivity contribution in [1.82, 2.24) is 4.90 Å². The summed E-state index contributed by atoms with van der Waals surface area (Å²) in [6, 6.07) is 0. The standard InChI is InChI=1S/C8H18NO.Na/c1-4-8(10)7-9(5-2)6-3;/h8H,4-7H2,1-3H3;/q-1;+1. The number of rotatable bonds is 5. The first-order chi connectivity index (χ1) is 4.74. The molecule has 0 saturated carbocycles. The Hall–Kier alpha value is 0.920. The van der Waals surface area contributed by atoms with Crippen molar-refractivity contribution in [3.8, 4) is 0 Å². The molecule has 0 heterocycles. The summed E-state index contributed by atoms with van der Waals surface area (Å²) < 4.78 is 0. The SMILES string of the molecule is CCC([O-])CN(CC)CC.[Na+]. The normalized spacial score (nSPS) is 12.8. The second-order valence-electron chi connectivity index (χ2n) is 2.52. The van der Waals surface area contributed by atoms with Crippen LogP contribution < -0.4 is 34.7 Å². The van der Waals surface area contributed by atoms with Crippen molar-refractivity contribution in [2.24, 2.45) is 0 Å². The molecule has 0 aromatic rings. The first kappa shape index (κ1) is 14.4. The van der Waals surface area contributed by atoms with Crippen LogP contribution in [0.1, 0.15) is 27.2 Å². The van der Waals surface area contributed by atoms with Gasteiger partial charge in [0.05, 0.1) is 0 Å². The molecule has 0 aliphatic heterocycles. The van der Waals surface area contributed by atoms with Gasteiger partial charge in [-0.2, -0.15) is 0 Å². The molecular weight excluding hydrogens is 149 g/mol. The van der Waals surface area contributed by atoms with Gasteiger partial charge in [-0.1, -0.05) is 27.2 Å². The molecule has 62 valence electrons. The van der Waals surface area contributed by atoms with Crippen molar-refractivity contribution in [3.05, 3.63) is 0 Å².